The molecule has 5 heteroatoms. The molecule has 0 saturated heterocycles. The van der Waals surface area contributed by atoms with Crippen LogP contribution in [0.1, 0.15) is 38.8 Å². The molecule has 0 bridgehead atoms. The standard InChI is InChI=1S/C29H37N3O2/c1-6-31(7-2)26-19-15-23(16-20-26)29(34-5,28(33)30-25-13-11-10-12-14-25)24-17-21-27(22-18-24)32(8-3)9-4/h10-22H,6-9H2,1-5H3,(H,30,33). The Morgan fingerprint density at radius 2 is 1.12 bits per heavy atom. The van der Waals surface area contributed by atoms with E-state index in [-0.39, 0.29) is 5.91 Å². The number of rotatable bonds is 11. The van der Waals surface area contributed by atoms with Crippen molar-refractivity contribution < 1.29 is 9.53 Å². The molecule has 0 aliphatic heterocycles. The predicted octanol–water partition coefficient (Wildman–Crippen LogP) is 5.91. The van der Waals surface area contributed by atoms with Crippen LogP contribution in [0.2, 0.25) is 0 Å². The fraction of sp³-hybridized carbons (Fsp3) is 0.345. The van der Waals surface area contributed by atoms with E-state index in [0.717, 1.165) is 54.4 Å². The Morgan fingerprint density at radius 3 is 1.47 bits per heavy atom. The number of amides is 1. The second-order valence-electron chi connectivity index (χ2n) is 8.14. The van der Waals surface area contributed by atoms with E-state index in [1.807, 2.05) is 54.6 Å². The number of para-hydroxylation sites is 1. The summed E-state index contributed by atoms with van der Waals surface area (Å²) in [6, 6.07) is 25.8. The lowest BCUT2D eigenvalue weighted by Gasteiger charge is -2.33. The van der Waals surface area contributed by atoms with Crippen LogP contribution in [0.15, 0.2) is 78.9 Å². The smallest absolute Gasteiger partial charge is 0.265 e. The van der Waals surface area contributed by atoms with Crippen molar-refractivity contribution in [3.05, 3.63) is 90.0 Å². The Kier molecular flexibility index (Phi) is 8.72. The Morgan fingerprint density at radius 1 is 0.706 bits per heavy atom. The first-order valence-electron chi connectivity index (χ1n) is 12.2. The number of hydrogen-bond donors (Lipinski definition) is 1. The number of carbonyl (C=O) groups excluding carboxylic acids is 1. The van der Waals surface area contributed by atoms with Gasteiger partial charge < -0.3 is 19.9 Å². The van der Waals surface area contributed by atoms with Gasteiger partial charge in [-0.3, -0.25) is 4.79 Å². The molecule has 0 atom stereocenters. The maximum Gasteiger partial charge on any atom is 0.265 e. The molecule has 0 unspecified atom stereocenters. The summed E-state index contributed by atoms with van der Waals surface area (Å²) in [6.07, 6.45) is 0. The Hall–Kier alpha value is -3.31. The SMILES string of the molecule is CCN(CC)c1ccc(C(OC)(C(=O)Nc2ccccc2)c2ccc(N(CC)CC)cc2)cc1. The number of hydrogen-bond acceptors (Lipinski definition) is 4. The first-order chi connectivity index (χ1) is 16.5. The summed E-state index contributed by atoms with van der Waals surface area (Å²) in [4.78, 5) is 18.4. The third-order valence-corrected chi connectivity index (χ3v) is 6.46. The number of anilines is 3. The summed E-state index contributed by atoms with van der Waals surface area (Å²) < 4.78 is 6.11. The molecular weight excluding hydrogens is 422 g/mol. The molecule has 180 valence electrons. The van der Waals surface area contributed by atoms with Crippen molar-refractivity contribution in [1.29, 1.82) is 0 Å². The van der Waals surface area contributed by atoms with Crippen molar-refractivity contribution in [2.75, 3.05) is 48.4 Å². The molecule has 0 fully saturated rings. The highest BCUT2D eigenvalue weighted by Gasteiger charge is 2.42. The van der Waals surface area contributed by atoms with Crippen molar-refractivity contribution in [3.63, 3.8) is 0 Å². The Labute approximate surface area is 204 Å². The van der Waals surface area contributed by atoms with Gasteiger partial charge >= 0.3 is 0 Å². The van der Waals surface area contributed by atoms with Crippen LogP contribution in [0.5, 0.6) is 0 Å². The maximum absolute atomic E-state index is 13.9. The average Bonchev–Trinajstić information content (AvgIpc) is 2.88. The van der Waals surface area contributed by atoms with E-state index in [9.17, 15) is 4.79 Å². The molecule has 3 aromatic carbocycles. The predicted molar refractivity (Wildman–Crippen MR) is 143 cm³/mol. The highest BCUT2D eigenvalue weighted by Crippen LogP contribution is 2.36. The molecule has 0 aromatic heterocycles. The molecule has 1 N–H and O–H groups in total. The van der Waals surface area contributed by atoms with Gasteiger partial charge in [0.1, 0.15) is 0 Å². The van der Waals surface area contributed by atoms with Crippen molar-refractivity contribution in [3.8, 4) is 0 Å². The minimum absolute atomic E-state index is 0.229. The molecule has 34 heavy (non-hydrogen) atoms. The number of carbonyl (C=O) groups is 1. The van der Waals surface area contributed by atoms with E-state index < -0.39 is 5.60 Å². The van der Waals surface area contributed by atoms with Crippen LogP contribution in [-0.4, -0.2) is 39.2 Å². The van der Waals surface area contributed by atoms with Crippen LogP contribution >= 0.6 is 0 Å². The van der Waals surface area contributed by atoms with E-state index >= 15 is 0 Å². The minimum atomic E-state index is -1.29. The number of nitrogens with one attached hydrogen (secondary N) is 1. The van der Waals surface area contributed by atoms with Gasteiger partial charge in [-0.15, -0.1) is 0 Å². The second kappa shape index (κ2) is 11.7. The van der Waals surface area contributed by atoms with E-state index in [4.69, 9.17) is 4.74 Å². The summed E-state index contributed by atoms with van der Waals surface area (Å²) in [5.41, 5.74) is 3.26. The molecule has 3 aromatic rings. The third kappa shape index (κ3) is 5.10. The normalized spacial score (nSPS) is 11.2. The summed E-state index contributed by atoms with van der Waals surface area (Å²) in [5.74, 6) is -0.229. The summed E-state index contributed by atoms with van der Waals surface area (Å²) in [6.45, 7) is 12.3. The van der Waals surface area contributed by atoms with Crippen LogP contribution in [0, 0.1) is 0 Å². The topological polar surface area (TPSA) is 44.8 Å². The average molecular weight is 460 g/mol. The van der Waals surface area contributed by atoms with Gasteiger partial charge in [0, 0.05) is 50.4 Å². The van der Waals surface area contributed by atoms with E-state index in [2.05, 4.69) is 67.1 Å². The van der Waals surface area contributed by atoms with Crippen LogP contribution in [0.25, 0.3) is 0 Å². The summed E-state index contributed by atoms with van der Waals surface area (Å²) in [5, 5.41) is 3.07. The molecule has 0 heterocycles. The largest absolute Gasteiger partial charge is 0.372 e. The zero-order valence-corrected chi connectivity index (χ0v) is 21.0. The first kappa shape index (κ1) is 25.3. The van der Waals surface area contributed by atoms with E-state index in [1.54, 1.807) is 7.11 Å². The lowest BCUT2D eigenvalue weighted by atomic mass is 9.84. The quantitative estimate of drug-likeness (QED) is 0.387. The highest BCUT2D eigenvalue weighted by atomic mass is 16.5. The van der Waals surface area contributed by atoms with Crippen molar-refractivity contribution in [2.24, 2.45) is 0 Å². The molecule has 1 amide bonds. The molecule has 5 nitrogen and oxygen atoms in total. The van der Waals surface area contributed by atoms with Crippen LogP contribution < -0.4 is 15.1 Å². The number of benzene rings is 3. The van der Waals surface area contributed by atoms with Gasteiger partial charge in [-0.1, -0.05) is 42.5 Å². The van der Waals surface area contributed by atoms with Gasteiger partial charge in [0.15, 0.2) is 5.60 Å². The fourth-order valence-electron chi connectivity index (χ4n) is 4.49. The molecule has 0 saturated carbocycles. The fourth-order valence-corrected chi connectivity index (χ4v) is 4.49. The van der Waals surface area contributed by atoms with Gasteiger partial charge in [0.05, 0.1) is 0 Å². The molecular formula is C29H37N3O2. The van der Waals surface area contributed by atoms with Gasteiger partial charge in [-0.2, -0.15) is 0 Å². The Bertz CT molecular complexity index is 970. The van der Waals surface area contributed by atoms with Crippen molar-refractivity contribution in [1.82, 2.24) is 0 Å². The highest BCUT2D eigenvalue weighted by molar-refractivity contribution is 6.00. The van der Waals surface area contributed by atoms with Gasteiger partial charge in [-0.05, 0) is 75.2 Å². The Balaban J connectivity index is 2.09. The molecule has 0 spiro atoms. The van der Waals surface area contributed by atoms with Gasteiger partial charge in [0.2, 0.25) is 0 Å². The lowest BCUT2D eigenvalue weighted by Crippen LogP contribution is -2.43. The number of nitrogens with zero attached hydrogens (tertiary/aromatic N) is 2. The molecule has 0 aliphatic carbocycles. The van der Waals surface area contributed by atoms with Crippen LogP contribution in [-0.2, 0) is 15.1 Å². The minimum Gasteiger partial charge on any atom is -0.372 e. The summed E-state index contributed by atoms with van der Waals surface area (Å²) in [7, 11) is 1.60. The third-order valence-electron chi connectivity index (χ3n) is 6.46. The van der Waals surface area contributed by atoms with Crippen LogP contribution in [0.3, 0.4) is 0 Å². The lowest BCUT2D eigenvalue weighted by molar-refractivity contribution is -0.134. The maximum atomic E-state index is 13.9. The van der Waals surface area contributed by atoms with Crippen molar-refractivity contribution >= 4 is 23.0 Å². The van der Waals surface area contributed by atoms with Gasteiger partial charge in [0.25, 0.3) is 5.91 Å². The zero-order valence-electron chi connectivity index (χ0n) is 21.0. The van der Waals surface area contributed by atoms with E-state index in [0.29, 0.717) is 0 Å². The molecule has 0 radical (unpaired) electrons. The van der Waals surface area contributed by atoms with Gasteiger partial charge in [-0.25, -0.2) is 0 Å². The summed E-state index contributed by atoms with van der Waals surface area (Å²) >= 11 is 0. The monoisotopic (exact) mass is 459 g/mol. The number of ether oxygens (including phenoxy) is 1. The zero-order chi connectivity index (χ0) is 24.6. The molecule has 0 aliphatic rings. The van der Waals surface area contributed by atoms with Crippen LogP contribution in [0.4, 0.5) is 17.1 Å². The first-order valence-corrected chi connectivity index (χ1v) is 12.2. The molecule has 3 rings (SSSR count). The second-order valence-corrected chi connectivity index (χ2v) is 8.14. The number of methoxy groups -OCH3 is 1. The van der Waals surface area contributed by atoms with E-state index in [1.165, 1.54) is 0 Å². The van der Waals surface area contributed by atoms with Crippen molar-refractivity contribution in [2.45, 2.75) is 33.3 Å².